The first-order chi connectivity index (χ1) is 19.7. The molecule has 1 atom stereocenters. The number of hydrogen-bond acceptors (Lipinski definition) is 8. The minimum absolute atomic E-state index is 0.116. The Kier molecular flexibility index (Phi) is 7.23. The van der Waals surface area contributed by atoms with Crippen molar-refractivity contribution in [3.63, 3.8) is 0 Å². The number of hydrogen-bond donors (Lipinski definition) is 1. The van der Waals surface area contributed by atoms with E-state index in [1.165, 1.54) is 11.3 Å². The molecule has 1 fully saturated rings. The number of para-hydroxylation sites is 1. The second kappa shape index (κ2) is 10.8. The van der Waals surface area contributed by atoms with Gasteiger partial charge in [-0.05, 0) is 31.2 Å². The first-order valence-corrected chi connectivity index (χ1v) is 14.5. The lowest BCUT2D eigenvalue weighted by molar-refractivity contribution is -0.124. The van der Waals surface area contributed by atoms with Crippen molar-refractivity contribution in [1.82, 2.24) is 20.1 Å². The second-order valence-electron chi connectivity index (χ2n) is 10.6. The van der Waals surface area contributed by atoms with E-state index >= 15 is 0 Å². The maximum atomic E-state index is 13.6. The number of nitrogens with zero attached hydrogens (tertiary/aromatic N) is 4. The average molecular weight is 590 g/mol. The zero-order valence-corrected chi connectivity index (χ0v) is 24.4. The van der Waals surface area contributed by atoms with Crippen LogP contribution in [0, 0.1) is 12.3 Å². The fraction of sp³-hybridized carbons (Fsp3) is 0.300. The first kappa shape index (κ1) is 27.3. The number of halogens is 1. The largest absolute Gasteiger partial charge is 0.438 e. The van der Waals surface area contributed by atoms with Crippen LogP contribution in [0.1, 0.15) is 46.3 Å². The summed E-state index contributed by atoms with van der Waals surface area (Å²) in [6.45, 7) is 7.77. The molecule has 0 unspecified atom stereocenters. The molecule has 6 rings (SSSR count). The van der Waals surface area contributed by atoms with Gasteiger partial charge in [0.2, 0.25) is 16.9 Å². The number of ether oxygens (including phenoxy) is 2. The topological polar surface area (TPSA) is 107 Å². The zero-order chi connectivity index (χ0) is 28.7. The Bertz CT molecular complexity index is 1650. The van der Waals surface area contributed by atoms with E-state index in [0.29, 0.717) is 59.3 Å². The van der Waals surface area contributed by atoms with Crippen molar-refractivity contribution in [2.24, 2.45) is 5.41 Å². The Hall–Kier alpha value is -3.86. The molecule has 2 aromatic heterocycles. The number of nitrogens with one attached hydrogen (secondary N) is 1. The fourth-order valence-corrected chi connectivity index (χ4v) is 6.14. The molecule has 4 heterocycles. The predicted octanol–water partition coefficient (Wildman–Crippen LogP) is 5.94. The van der Waals surface area contributed by atoms with Gasteiger partial charge >= 0.3 is 0 Å². The van der Waals surface area contributed by atoms with Crippen LogP contribution in [0.15, 0.2) is 54.6 Å². The van der Waals surface area contributed by atoms with Gasteiger partial charge in [-0.15, -0.1) is 10.2 Å². The van der Waals surface area contributed by atoms with Crippen LogP contribution >= 0.6 is 22.9 Å². The lowest BCUT2D eigenvalue weighted by Gasteiger charge is -2.37. The van der Waals surface area contributed by atoms with Gasteiger partial charge in [0.15, 0.2) is 0 Å². The molecule has 2 aliphatic heterocycles. The Morgan fingerprint density at radius 3 is 2.56 bits per heavy atom. The van der Waals surface area contributed by atoms with Crippen molar-refractivity contribution in [1.29, 1.82) is 0 Å². The molecule has 210 valence electrons. The normalized spacial score (nSPS) is 16.4. The van der Waals surface area contributed by atoms with Crippen molar-refractivity contribution >= 4 is 39.9 Å². The third kappa shape index (κ3) is 5.18. The minimum Gasteiger partial charge on any atom is -0.438 e. The van der Waals surface area contributed by atoms with Crippen molar-refractivity contribution in [2.75, 3.05) is 31.6 Å². The monoisotopic (exact) mass is 589 g/mol. The summed E-state index contributed by atoms with van der Waals surface area (Å²) in [6, 6.07) is 16.8. The van der Waals surface area contributed by atoms with Gasteiger partial charge in [0.25, 0.3) is 5.91 Å². The lowest BCUT2D eigenvalue weighted by atomic mass is 9.69. The van der Waals surface area contributed by atoms with Gasteiger partial charge in [-0.1, -0.05) is 67.1 Å². The van der Waals surface area contributed by atoms with Crippen LogP contribution in [0.4, 0.5) is 5.13 Å². The number of aryl methyl sites for hydroxylation is 1. The molecule has 0 bridgehead atoms. The SMILES string of the molecule is Cc1nnc(NC(=O)C(C)(C)[C@H]2c3ccccc3Oc3nc(-c4ccc(C(=O)N5CCOCC5)c(Cl)c4)ccc32)s1. The molecule has 0 aliphatic carbocycles. The van der Waals surface area contributed by atoms with E-state index in [2.05, 4.69) is 15.5 Å². The third-order valence-electron chi connectivity index (χ3n) is 7.48. The lowest BCUT2D eigenvalue weighted by Crippen LogP contribution is -2.40. The summed E-state index contributed by atoms with van der Waals surface area (Å²) in [7, 11) is 0. The number of benzene rings is 2. The van der Waals surface area contributed by atoms with Gasteiger partial charge in [0.05, 0.1) is 34.9 Å². The highest BCUT2D eigenvalue weighted by atomic mass is 35.5. The van der Waals surface area contributed by atoms with E-state index in [-0.39, 0.29) is 17.7 Å². The van der Waals surface area contributed by atoms with Crippen LogP contribution in [0.25, 0.3) is 11.3 Å². The van der Waals surface area contributed by atoms with Crippen molar-refractivity contribution < 1.29 is 19.1 Å². The maximum Gasteiger partial charge on any atom is 0.255 e. The van der Waals surface area contributed by atoms with Crippen LogP contribution in [0.3, 0.4) is 0 Å². The van der Waals surface area contributed by atoms with E-state index in [9.17, 15) is 9.59 Å². The van der Waals surface area contributed by atoms with Crippen LogP contribution in [-0.2, 0) is 9.53 Å². The highest BCUT2D eigenvalue weighted by Crippen LogP contribution is 2.52. The van der Waals surface area contributed by atoms with E-state index < -0.39 is 5.41 Å². The Labute approximate surface area is 246 Å². The fourth-order valence-electron chi connectivity index (χ4n) is 5.30. The van der Waals surface area contributed by atoms with Crippen LogP contribution in [0.5, 0.6) is 11.6 Å². The summed E-state index contributed by atoms with van der Waals surface area (Å²) in [5, 5.41) is 12.6. The molecule has 0 spiro atoms. The minimum atomic E-state index is -0.887. The summed E-state index contributed by atoms with van der Waals surface area (Å²) < 4.78 is 11.6. The van der Waals surface area contributed by atoms with Crippen LogP contribution in [0.2, 0.25) is 5.02 Å². The van der Waals surface area contributed by atoms with Crippen molar-refractivity contribution in [3.05, 3.63) is 81.3 Å². The van der Waals surface area contributed by atoms with E-state index in [1.54, 1.807) is 17.0 Å². The average Bonchev–Trinajstić information content (AvgIpc) is 3.39. The zero-order valence-electron chi connectivity index (χ0n) is 22.8. The molecule has 0 saturated carbocycles. The van der Waals surface area contributed by atoms with E-state index in [0.717, 1.165) is 21.7 Å². The molecular weight excluding hydrogens is 562 g/mol. The van der Waals surface area contributed by atoms with Crippen LogP contribution in [-0.4, -0.2) is 58.2 Å². The number of pyridine rings is 1. The molecule has 9 nitrogen and oxygen atoms in total. The number of anilines is 1. The number of fused-ring (bicyclic) bond motifs is 2. The van der Waals surface area contributed by atoms with Gasteiger partial charge in [0, 0.05) is 35.7 Å². The van der Waals surface area contributed by atoms with Crippen molar-refractivity contribution in [2.45, 2.75) is 26.7 Å². The standard InChI is InChI=1S/C30H28ClN5O4S/c1-17-34-35-29(41-17)33-28(38)30(2,3)25-20-6-4-5-7-24(20)40-26-21(25)10-11-23(32-26)18-8-9-19(22(31)16-18)27(37)36-12-14-39-15-13-36/h4-11,16,25H,12-15H2,1-3H3,(H,33,35,38)/t25-/m0/s1. The number of amides is 2. The molecule has 2 aromatic carbocycles. The predicted molar refractivity (Wildman–Crippen MR) is 157 cm³/mol. The van der Waals surface area contributed by atoms with Gasteiger partial charge < -0.3 is 19.7 Å². The summed E-state index contributed by atoms with van der Waals surface area (Å²) in [5.74, 6) is 0.429. The molecule has 1 saturated heterocycles. The molecular formula is C30H28ClN5O4S. The molecule has 2 amide bonds. The van der Waals surface area contributed by atoms with E-state index in [4.69, 9.17) is 26.1 Å². The van der Waals surface area contributed by atoms with Gasteiger partial charge in [-0.3, -0.25) is 9.59 Å². The Morgan fingerprint density at radius 2 is 1.83 bits per heavy atom. The van der Waals surface area contributed by atoms with Gasteiger partial charge in [0.1, 0.15) is 10.8 Å². The van der Waals surface area contributed by atoms with E-state index in [1.807, 2.05) is 63.2 Å². The summed E-state index contributed by atoms with van der Waals surface area (Å²) in [6.07, 6.45) is 0. The number of carbonyl (C=O) groups is 2. The highest BCUT2D eigenvalue weighted by Gasteiger charge is 2.44. The maximum absolute atomic E-state index is 13.6. The molecule has 11 heteroatoms. The number of rotatable bonds is 5. The molecule has 41 heavy (non-hydrogen) atoms. The molecule has 2 aliphatic rings. The van der Waals surface area contributed by atoms with Crippen molar-refractivity contribution in [3.8, 4) is 22.9 Å². The van der Waals surface area contributed by atoms with Gasteiger partial charge in [-0.25, -0.2) is 4.98 Å². The molecule has 4 aromatic rings. The number of aromatic nitrogens is 3. The summed E-state index contributed by atoms with van der Waals surface area (Å²) in [5.41, 5.74) is 2.64. The summed E-state index contributed by atoms with van der Waals surface area (Å²) in [4.78, 5) is 33.2. The first-order valence-electron chi connectivity index (χ1n) is 13.3. The third-order valence-corrected chi connectivity index (χ3v) is 8.55. The highest BCUT2D eigenvalue weighted by molar-refractivity contribution is 7.15. The number of morpholine rings is 1. The number of carbonyl (C=O) groups excluding carboxylic acids is 2. The quantitative estimate of drug-likeness (QED) is 0.307. The van der Waals surface area contributed by atoms with Gasteiger partial charge in [-0.2, -0.15) is 0 Å². The molecule has 0 radical (unpaired) electrons. The summed E-state index contributed by atoms with van der Waals surface area (Å²) >= 11 is 7.93. The van der Waals surface area contributed by atoms with Crippen LogP contribution < -0.4 is 10.1 Å². The smallest absolute Gasteiger partial charge is 0.255 e. The second-order valence-corrected chi connectivity index (χ2v) is 12.2. The molecule has 1 N–H and O–H groups in total. The Balaban J connectivity index is 1.33. The Morgan fingerprint density at radius 1 is 1.05 bits per heavy atom.